The van der Waals surface area contributed by atoms with Crippen molar-refractivity contribution in [3.05, 3.63) is 98.9 Å². The predicted octanol–water partition coefficient (Wildman–Crippen LogP) is 7.01. The highest BCUT2D eigenvalue weighted by atomic mass is 35.5. The molecule has 0 fully saturated rings. The van der Waals surface area contributed by atoms with Crippen LogP contribution in [-0.2, 0) is 17.5 Å². The van der Waals surface area contributed by atoms with Gasteiger partial charge in [0, 0.05) is 16.7 Å². The van der Waals surface area contributed by atoms with Crippen molar-refractivity contribution in [1.29, 1.82) is 0 Å². The van der Waals surface area contributed by atoms with Crippen molar-refractivity contribution >= 4 is 28.5 Å². The molecule has 0 saturated carbocycles. The van der Waals surface area contributed by atoms with Gasteiger partial charge in [-0.15, -0.1) is 0 Å². The van der Waals surface area contributed by atoms with Gasteiger partial charge in [0.25, 0.3) is 5.76 Å². The van der Waals surface area contributed by atoms with Crippen LogP contribution in [0.1, 0.15) is 28.6 Å². The zero-order chi connectivity index (χ0) is 25.9. The standard InChI is InChI=1S/C26H18ClF3O6/c1-2-33-25(32)15-7-9-17(10-8-15)35-23-22(31)19-12-11-18(13-21(19)36-24(23)26(28,29)30)34-14-16-5-3-4-6-20(16)27/h3-13H,2,14H2,1H3. The second-order valence-electron chi connectivity index (χ2n) is 7.47. The third kappa shape index (κ3) is 5.46. The largest absolute Gasteiger partial charge is 0.489 e. The lowest BCUT2D eigenvalue weighted by atomic mass is 10.2. The monoisotopic (exact) mass is 518 g/mol. The highest BCUT2D eigenvalue weighted by Gasteiger charge is 2.40. The number of carbonyl (C=O) groups is 1. The number of hydrogen-bond donors (Lipinski definition) is 0. The van der Waals surface area contributed by atoms with Gasteiger partial charge in [0.15, 0.2) is 0 Å². The van der Waals surface area contributed by atoms with Crippen LogP contribution in [0.3, 0.4) is 0 Å². The SMILES string of the molecule is CCOC(=O)c1ccc(Oc2c(C(F)(F)F)oc3cc(OCc4ccccc4Cl)ccc3c2=O)cc1. The van der Waals surface area contributed by atoms with E-state index in [0.717, 1.165) is 0 Å². The molecule has 0 N–H and O–H groups in total. The van der Waals surface area contributed by atoms with Crippen molar-refractivity contribution in [2.45, 2.75) is 19.7 Å². The number of carbonyl (C=O) groups excluding carboxylic acids is 1. The lowest BCUT2D eigenvalue weighted by molar-refractivity contribution is -0.154. The summed E-state index contributed by atoms with van der Waals surface area (Å²) in [6.45, 7) is 1.86. The average molecular weight is 519 g/mol. The maximum Gasteiger partial charge on any atom is 0.453 e. The van der Waals surface area contributed by atoms with Crippen molar-refractivity contribution in [2.24, 2.45) is 0 Å². The van der Waals surface area contributed by atoms with Crippen LogP contribution < -0.4 is 14.9 Å². The first-order valence-corrected chi connectivity index (χ1v) is 11.0. The maximum absolute atomic E-state index is 13.8. The van der Waals surface area contributed by atoms with Gasteiger partial charge in [-0.05, 0) is 49.4 Å². The van der Waals surface area contributed by atoms with Crippen LogP contribution in [0, 0.1) is 0 Å². The Labute approximate surface area is 207 Å². The van der Waals surface area contributed by atoms with E-state index in [2.05, 4.69) is 0 Å². The molecule has 0 saturated heterocycles. The van der Waals surface area contributed by atoms with Crippen LogP contribution in [0.5, 0.6) is 17.2 Å². The molecule has 0 aliphatic rings. The highest BCUT2D eigenvalue weighted by Crippen LogP contribution is 2.38. The van der Waals surface area contributed by atoms with Gasteiger partial charge < -0.3 is 18.6 Å². The van der Waals surface area contributed by atoms with Gasteiger partial charge in [-0.2, -0.15) is 13.2 Å². The fourth-order valence-corrected chi connectivity index (χ4v) is 3.48. The Morgan fingerprint density at radius 1 is 1.00 bits per heavy atom. The molecule has 0 aliphatic carbocycles. The van der Waals surface area contributed by atoms with E-state index in [1.165, 1.54) is 42.5 Å². The Morgan fingerprint density at radius 3 is 2.36 bits per heavy atom. The zero-order valence-electron chi connectivity index (χ0n) is 18.7. The molecular weight excluding hydrogens is 501 g/mol. The molecule has 1 aromatic heterocycles. The van der Waals surface area contributed by atoms with Gasteiger partial charge in [-0.1, -0.05) is 29.8 Å². The van der Waals surface area contributed by atoms with Crippen LogP contribution in [0.25, 0.3) is 11.0 Å². The van der Waals surface area contributed by atoms with E-state index in [0.29, 0.717) is 10.6 Å². The topological polar surface area (TPSA) is 75.0 Å². The minimum absolute atomic E-state index is 0.0600. The molecule has 4 rings (SSSR count). The van der Waals surface area contributed by atoms with E-state index in [1.54, 1.807) is 31.2 Å². The van der Waals surface area contributed by atoms with Crippen LogP contribution in [0.4, 0.5) is 13.2 Å². The van der Waals surface area contributed by atoms with Crippen molar-refractivity contribution in [3.63, 3.8) is 0 Å². The number of ether oxygens (including phenoxy) is 3. The van der Waals surface area contributed by atoms with Crippen LogP contribution in [-0.4, -0.2) is 12.6 Å². The number of rotatable bonds is 7. The predicted molar refractivity (Wildman–Crippen MR) is 126 cm³/mol. The normalized spacial score (nSPS) is 11.4. The second kappa shape index (κ2) is 10.3. The second-order valence-corrected chi connectivity index (χ2v) is 7.88. The number of fused-ring (bicyclic) bond motifs is 1. The fourth-order valence-electron chi connectivity index (χ4n) is 3.29. The summed E-state index contributed by atoms with van der Waals surface area (Å²) < 4.78 is 62.3. The smallest absolute Gasteiger partial charge is 0.453 e. The van der Waals surface area contributed by atoms with Crippen molar-refractivity contribution in [1.82, 2.24) is 0 Å². The van der Waals surface area contributed by atoms with Gasteiger partial charge >= 0.3 is 12.1 Å². The summed E-state index contributed by atoms with van der Waals surface area (Å²) in [5, 5.41) is 0.340. The van der Waals surface area contributed by atoms with Gasteiger partial charge in [-0.3, -0.25) is 4.79 Å². The third-order valence-corrected chi connectivity index (χ3v) is 5.39. The minimum Gasteiger partial charge on any atom is -0.489 e. The van der Waals surface area contributed by atoms with Crippen molar-refractivity contribution in [2.75, 3.05) is 6.61 Å². The Hall–Kier alpha value is -3.98. The van der Waals surface area contributed by atoms with Gasteiger partial charge in [0.05, 0.1) is 17.6 Å². The van der Waals surface area contributed by atoms with Crippen molar-refractivity contribution < 1.29 is 36.6 Å². The van der Waals surface area contributed by atoms with Crippen LogP contribution in [0.2, 0.25) is 5.02 Å². The lowest BCUT2D eigenvalue weighted by Crippen LogP contribution is -2.15. The first-order chi connectivity index (χ1) is 17.2. The summed E-state index contributed by atoms with van der Waals surface area (Å²) in [7, 11) is 0. The molecule has 0 unspecified atom stereocenters. The molecule has 0 aliphatic heterocycles. The highest BCUT2D eigenvalue weighted by molar-refractivity contribution is 6.31. The molecule has 10 heteroatoms. The quantitative estimate of drug-likeness (QED) is 0.245. The zero-order valence-corrected chi connectivity index (χ0v) is 19.5. The minimum atomic E-state index is -5.03. The molecule has 186 valence electrons. The molecule has 0 radical (unpaired) electrons. The summed E-state index contributed by atoms with van der Waals surface area (Å²) in [4.78, 5) is 24.8. The van der Waals surface area contributed by atoms with Crippen LogP contribution in [0.15, 0.2) is 75.9 Å². The lowest BCUT2D eigenvalue weighted by Gasteiger charge is -2.14. The molecule has 0 atom stereocenters. The summed E-state index contributed by atoms with van der Waals surface area (Å²) >= 11 is 6.10. The first-order valence-electron chi connectivity index (χ1n) is 10.7. The van der Waals surface area contributed by atoms with E-state index in [9.17, 15) is 22.8 Å². The molecule has 36 heavy (non-hydrogen) atoms. The Bertz CT molecular complexity index is 1460. The Morgan fingerprint density at radius 2 is 1.69 bits per heavy atom. The summed E-state index contributed by atoms with van der Waals surface area (Å²) in [5.74, 6) is -3.14. The number of halogens is 4. The average Bonchev–Trinajstić information content (AvgIpc) is 2.85. The Balaban J connectivity index is 1.67. The molecule has 0 amide bonds. The number of hydrogen-bond acceptors (Lipinski definition) is 6. The van der Waals surface area contributed by atoms with E-state index < -0.39 is 29.1 Å². The summed E-state index contributed by atoms with van der Waals surface area (Å²) in [6.07, 6.45) is -5.03. The maximum atomic E-state index is 13.8. The van der Waals surface area contributed by atoms with Gasteiger partial charge in [-0.25, -0.2) is 4.79 Å². The molecule has 1 heterocycles. The Kier molecular flexibility index (Phi) is 7.21. The molecule has 0 spiro atoms. The van der Waals surface area contributed by atoms with Crippen molar-refractivity contribution in [3.8, 4) is 17.2 Å². The van der Waals surface area contributed by atoms with E-state index >= 15 is 0 Å². The van der Waals surface area contributed by atoms with Gasteiger partial charge in [0.2, 0.25) is 11.2 Å². The van der Waals surface area contributed by atoms with E-state index in [-0.39, 0.29) is 41.2 Å². The third-order valence-electron chi connectivity index (χ3n) is 5.02. The van der Waals surface area contributed by atoms with E-state index in [1.807, 2.05) is 0 Å². The van der Waals surface area contributed by atoms with Crippen LogP contribution >= 0.6 is 11.6 Å². The number of esters is 1. The molecular formula is C26H18ClF3O6. The molecule has 4 aromatic rings. The van der Waals surface area contributed by atoms with Gasteiger partial charge in [0.1, 0.15) is 23.7 Å². The number of benzene rings is 3. The first kappa shape index (κ1) is 25.1. The molecule has 6 nitrogen and oxygen atoms in total. The molecule has 0 bridgehead atoms. The number of alkyl halides is 3. The fraction of sp³-hybridized carbons (Fsp3) is 0.154. The van der Waals surface area contributed by atoms with E-state index in [4.69, 9.17) is 30.2 Å². The summed E-state index contributed by atoms with van der Waals surface area (Å²) in [5.41, 5.74) is -0.491. The molecule has 3 aromatic carbocycles. The summed E-state index contributed by atoms with van der Waals surface area (Å²) in [6, 6.07) is 16.0.